The second-order valence-electron chi connectivity index (χ2n) is 5.37. The van der Waals surface area contributed by atoms with Crippen LogP contribution in [-0.2, 0) is 6.54 Å². The van der Waals surface area contributed by atoms with E-state index in [4.69, 9.17) is 9.47 Å². The third-order valence-electron chi connectivity index (χ3n) is 3.92. The first kappa shape index (κ1) is 15.1. The maximum absolute atomic E-state index is 5.38. The molecule has 5 heteroatoms. The van der Waals surface area contributed by atoms with Gasteiger partial charge in [0, 0.05) is 37.4 Å². The molecule has 0 spiro atoms. The van der Waals surface area contributed by atoms with E-state index in [2.05, 4.69) is 29.2 Å². The van der Waals surface area contributed by atoms with Crippen molar-refractivity contribution in [3.05, 3.63) is 18.0 Å². The number of methoxy groups -OCH3 is 2. The van der Waals surface area contributed by atoms with Crippen LogP contribution < -0.4 is 14.8 Å². The first-order chi connectivity index (χ1) is 9.67. The van der Waals surface area contributed by atoms with E-state index < -0.39 is 0 Å². The van der Waals surface area contributed by atoms with Crippen molar-refractivity contribution in [2.45, 2.75) is 38.4 Å². The van der Waals surface area contributed by atoms with Crippen LogP contribution in [0.4, 0.5) is 0 Å². The van der Waals surface area contributed by atoms with E-state index in [0.29, 0.717) is 18.3 Å². The largest absolute Gasteiger partial charge is 0.493 e. The molecule has 2 rings (SSSR count). The highest BCUT2D eigenvalue weighted by Crippen LogP contribution is 2.29. The molecule has 0 bridgehead atoms. The molecule has 5 nitrogen and oxygen atoms in total. The molecule has 1 aromatic rings. The molecule has 0 radical (unpaired) electrons. The van der Waals surface area contributed by atoms with Crippen LogP contribution in [0.1, 0.15) is 25.5 Å². The molecule has 0 aromatic carbocycles. The van der Waals surface area contributed by atoms with Gasteiger partial charge in [0.1, 0.15) is 0 Å². The lowest BCUT2D eigenvalue weighted by molar-refractivity contribution is 0.240. The van der Waals surface area contributed by atoms with Gasteiger partial charge in [0.25, 0.3) is 0 Å². The van der Waals surface area contributed by atoms with Gasteiger partial charge in [-0.2, -0.15) is 0 Å². The number of hydrogen-bond donors (Lipinski definition) is 1. The second-order valence-corrected chi connectivity index (χ2v) is 5.37. The zero-order valence-electron chi connectivity index (χ0n) is 12.8. The minimum Gasteiger partial charge on any atom is -0.493 e. The van der Waals surface area contributed by atoms with Gasteiger partial charge in [0.15, 0.2) is 11.5 Å². The van der Waals surface area contributed by atoms with Gasteiger partial charge < -0.3 is 14.8 Å². The molecule has 112 valence electrons. The Balaban J connectivity index is 1.87. The molecule has 0 saturated heterocycles. The van der Waals surface area contributed by atoms with Gasteiger partial charge in [0.2, 0.25) is 0 Å². The zero-order chi connectivity index (χ0) is 14.5. The number of nitrogens with one attached hydrogen (secondary N) is 1. The highest BCUT2D eigenvalue weighted by Gasteiger charge is 2.28. The van der Waals surface area contributed by atoms with Crippen LogP contribution in [0.15, 0.2) is 12.3 Å². The SMILES string of the molecule is COc1ccnc(CNCC(C)N(C)C2CC2)c1OC. The third kappa shape index (κ3) is 3.61. The molecule has 0 aliphatic heterocycles. The Labute approximate surface area is 121 Å². The Hall–Kier alpha value is -1.33. The molecule has 1 unspecified atom stereocenters. The summed E-state index contributed by atoms with van der Waals surface area (Å²) in [7, 11) is 5.49. The Bertz CT molecular complexity index is 435. The van der Waals surface area contributed by atoms with Gasteiger partial charge in [-0.05, 0) is 26.8 Å². The number of aromatic nitrogens is 1. The molecule has 1 saturated carbocycles. The van der Waals surface area contributed by atoms with Crippen LogP contribution in [0.2, 0.25) is 0 Å². The summed E-state index contributed by atoms with van der Waals surface area (Å²) in [5.74, 6) is 1.44. The highest BCUT2D eigenvalue weighted by molar-refractivity contribution is 5.42. The van der Waals surface area contributed by atoms with E-state index in [-0.39, 0.29) is 0 Å². The Kier molecular flexibility index (Phi) is 5.20. The number of ether oxygens (including phenoxy) is 2. The lowest BCUT2D eigenvalue weighted by Crippen LogP contribution is -2.39. The van der Waals surface area contributed by atoms with Gasteiger partial charge in [0.05, 0.1) is 19.9 Å². The fourth-order valence-electron chi connectivity index (χ4n) is 2.36. The Morgan fingerprint density at radius 2 is 2.15 bits per heavy atom. The molecule has 1 N–H and O–H groups in total. The van der Waals surface area contributed by atoms with E-state index in [9.17, 15) is 0 Å². The number of rotatable bonds is 8. The van der Waals surface area contributed by atoms with E-state index in [1.54, 1.807) is 20.4 Å². The molecular formula is C15H25N3O2. The van der Waals surface area contributed by atoms with Crippen LogP contribution >= 0.6 is 0 Å². The van der Waals surface area contributed by atoms with Crippen LogP contribution in [-0.4, -0.2) is 49.8 Å². The van der Waals surface area contributed by atoms with Crippen molar-refractivity contribution in [3.8, 4) is 11.5 Å². The molecule has 1 aliphatic rings. The summed E-state index contributed by atoms with van der Waals surface area (Å²) in [6.45, 7) is 3.87. The Morgan fingerprint density at radius 3 is 2.75 bits per heavy atom. The van der Waals surface area contributed by atoms with Crippen molar-refractivity contribution >= 4 is 0 Å². The lowest BCUT2D eigenvalue weighted by atomic mass is 10.2. The van der Waals surface area contributed by atoms with E-state index in [0.717, 1.165) is 24.0 Å². The predicted octanol–water partition coefficient (Wildman–Crippen LogP) is 1.67. The molecule has 1 aromatic heterocycles. The topological polar surface area (TPSA) is 46.6 Å². The number of pyridine rings is 1. The molecule has 1 atom stereocenters. The van der Waals surface area contributed by atoms with Crippen LogP contribution in [0.25, 0.3) is 0 Å². The third-order valence-corrected chi connectivity index (χ3v) is 3.92. The first-order valence-corrected chi connectivity index (χ1v) is 7.15. The van der Waals surface area contributed by atoms with E-state index >= 15 is 0 Å². The van der Waals surface area contributed by atoms with Gasteiger partial charge in [-0.3, -0.25) is 9.88 Å². The second kappa shape index (κ2) is 6.90. The van der Waals surface area contributed by atoms with E-state index in [1.165, 1.54) is 12.8 Å². The van der Waals surface area contributed by atoms with Crippen LogP contribution in [0, 0.1) is 0 Å². The first-order valence-electron chi connectivity index (χ1n) is 7.15. The van der Waals surface area contributed by atoms with Gasteiger partial charge >= 0.3 is 0 Å². The van der Waals surface area contributed by atoms with Crippen LogP contribution in [0.3, 0.4) is 0 Å². The molecule has 1 heterocycles. The number of nitrogens with zero attached hydrogens (tertiary/aromatic N) is 2. The summed E-state index contributed by atoms with van der Waals surface area (Å²) in [6.07, 6.45) is 4.43. The van der Waals surface area contributed by atoms with Crippen molar-refractivity contribution in [3.63, 3.8) is 0 Å². The maximum atomic E-state index is 5.38. The molecule has 1 aliphatic carbocycles. The summed E-state index contributed by atoms with van der Waals surface area (Å²) in [5.41, 5.74) is 0.883. The summed E-state index contributed by atoms with van der Waals surface area (Å²) in [6, 6.07) is 3.13. The normalized spacial score (nSPS) is 16.2. The molecule has 1 fully saturated rings. The van der Waals surface area contributed by atoms with Crippen molar-refractivity contribution < 1.29 is 9.47 Å². The summed E-state index contributed by atoms with van der Waals surface area (Å²) < 4.78 is 10.7. The van der Waals surface area contributed by atoms with E-state index in [1.807, 2.05) is 6.07 Å². The summed E-state index contributed by atoms with van der Waals surface area (Å²) >= 11 is 0. The van der Waals surface area contributed by atoms with Crippen molar-refractivity contribution in [2.24, 2.45) is 0 Å². The van der Waals surface area contributed by atoms with Crippen LogP contribution in [0.5, 0.6) is 11.5 Å². The van der Waals surface area contributed by atoms with Gasteiger partial charge in [-0.1, -0.05) is 0 Å². The average molecular weight is 279 g/mol. The van der Waals surface area contributed by atoms with Gasteiger partial charge in [-0.25, -0.2) is 0 Å². The Morgan fingerprint density at radius 1 is 1.40 bits per heavy atom. The summed E-state index contributed by atoms with van der Waals surface area (Å²) in [4.78, 5) is 6.81. The fraction of sp³-hybridized carbons (Fsp3) is 0.667. The summed E-state index contributed by atoms with van der Waals surface area (Å²) in [5, 5.41) is 3.45. The van der Waals surface area contributed by atoms with Crippen molar-refractivity contribution in [1.82, 2.24) is 15.2 Å². The lowest BCUT2D eigenvalue weighted by Gasteiger charge is -2.24. The van der Waals surface area contributed by atoms with Crippen molar-refractivity contribution in [1.29, 1.82) is 0 Å². The highest BCUT2D eigenvalue weighted by atomic mass is 16.5. The smallest absolute Gasteiger partial charge is 0.183 e. The van der Waals surface area contributed by atoms with Gasteiger partial charge in [-0.15, -0.1) is 0 Å². The quantitative estimate of drug-likeness (QED) is 0.784. The average Bonchev–Trinajstić information content (AvgIpc) is 3.30. The monoisotopic (exact) mass is 279 g/mol. The number of likely N-dealkylation sites (N-methyl/N-ethyl adjacent to an activating group) is 1. The maximum Gasteiger partial charge on any atom is 0.183 e. The standard InChI is InChI=1S/C15H25N3O2/c1-11(18(2)12-5-6-12)9-16-10-13-15(20-4)14(19-3)7-8-17-13/h7-8,11-12,16H,5-6,9-10H2,1-4H3. The molecule has 0 amide bonds. The zero-order valence-corrected chi connectivity index (χ0v) is 12.8. The minimum atomic E-state index is 0.527. The fourth-order valence-corrected chi connectivity index (χ4v) is 2.36. The molecular weight excluding hydrogens is 254 g/mol. The molecule has 20 heavy (non-hydrogen) atoms. The van der Waals surface area contributed by atoms with Crippen molar-refractivity contribution in [2.75, 3.05) is 27.8 Å². The number of hydrogen-bond acceptors (Lipinski definition) is 5. The predicted molar refractivity (Wildman–Crippen MR) is 79.3 cm³/mol. The minimum absolute atomic E-state index is 0.527.